The number of carbonyl (C=O) groups is 1. The van der Waals surface area contributed by atoms with E-state index in [0.717, 1.165) is 51.3 Å². The fourth-order valence-corrected chi connectivity index (χ4v) is 3.41. The Bertz CT molecular complexity index is 729. The molecule has 1 heterocycles. The Morgan fingerprint density at radius 3 is 2.38 bits per heavy atom. The summed E-state index contributed by atoms with van der Waals surface area (Å²) < 4.78 is 10.4. The Hall–Kier alpha value is -2.57. The van der Waals surface area contributed by atoms with Crippen molar-refractivity contribution in [1.29, 1.82) is 0 Å². The highest BCUT2D eigenvalue weighted by Gasteiger charge is 2.16. The minimum Gasteiger partial charge on any atom is -0.445 e. The largest absolute Gasteiger partial charge is 0.445 e. The number of piperazine rings is 1. The van der Waals surface area contributed by atoms with Crippen LogP contribution in [0.25, 0.3) is 0 Å². The Balaban J connectivity index is 1.34. The third kappa shape index (κ3) is 7.07. The third-order valence-corrected chi connectivity index (χ3v) is 5.18. The number of nitrogens with zero attached hydrogens (tertiary/aromatic N) is 2. The molecule has 1 N–H and O–H groups in total. The molecule has 1 aliphatic rings. The number of hydrogen-bond acceptors (Lipinski definition) is 5. The number of carbonyl (C=O) groups excluding carboxylic acids is 1. The Labute approximate surface area is 173 Å². The second-order valence-electron chi connectivity index (χ2n) is 7.23. The van der Waals surface area contributed by atoms with E-state index >= 15 is 0 Å². The Morgan fingerprint density at radius 2 is 1.69 bits per heavy atom. The molecule has 1 aliphatic heterocycles. The first-order valence-electron chi connectivity index (χ1n) is 10.2. The molecular weight excluding hydrogens is 366 g/mol. The molecule has 3 rings (SSSR count). The maximum absolute atomic E-state index is 11.8. The van der Waals surface area contributed by atoms with Gasteiger partial charge in [-0.1, -0.05) is 42.5 Å². The molecule has 1 fully saturated rings. The maximum Gasteiger partial charge on any atom is 0.407 e. The van der Waals surface area contributed by atoms with Crippen molar-refractivity contribution >= 4 is 11.8 Å². The molecule has 0 unspecified atom stereocenters. The highest BCUT2D eigenvalue weighted by atomic mass is 16.5. The van der Waals surface area contributed by atoms with Crippen LogP contribution in [0.4, 0.5) is 10.5 Å². The van der Waals surface area contributed by atoms with E-state index in [2.05, 4.69) is 39.4 Å². The molecule has 6 nitrogen and oxygen atoms in total. The summed E-state index contributed by atoms with van der Waals surface area (Å²) in [5, 5.41) is 2.81. The topological polar surface area (TPSA) is 54.0 Å². The first kappa shape index (κ1) is 21.1. The lowest BCUT2D eigenvalue weighted by atomic mass is 10.1. The molecule has 0 bridgehead atoms. The minimum absolute atomic E-state index is 0.292. The summed E-state index contributed by atoms with van der Waals surface area (Å²) in [5.74, 6) is 0. The second-order valence-corrected chi connectivity index (χ2v) is 7.23. The highest BCUT2D eigenvalue weighted by Crippen LogP contribution is 2.17. The second kappa shape index (κ2) is 11.4. The van der Waals surface area contributed by atoms with E-state index in [1.54, 1.807) is 7.11 Å². The van der Waals surface area contributed by atoms with Gasteiger partial charge in [0.1, 0.15) is 6.61 Å². The molecule has 0 aromatic heterocycles. The zero-order chi connectivity index (χ0) is 20.3. The number of alkyl carbamates (subject to hydrolysis) is 1. The number of anilines is 1. The van der Waals surface area contributed by atoms with Crippen molar-refractivity contribution in [2.45, 2.75) is 13.0 Å². The van der Waals surface area contributed by atoms with E-state index in [4.69, 9.17) is 9.47 Å². The number of benzene rings is 2. The molecule has 6 heteroatoms. The molecule has 2 aromatic carbocycles. The van der Waals surface area contributed by atoms with Crippen molar-refractivity contribution in [3.05, 3.63) is 65.7 Å². The van der Waals surface area contributed by atoms with E-state index in [1.165, 1.54) is 11.3 Å². The summed E-state index contributed by atoms with van der Waals surface area (Å²) in [6.07, 6.45) is 0.405. The number of hydrogen-bond donors (Lipinski definition) is 1. The van der Waals surface area contributed by atoms with Gasteiger partial charge in [-0.2, -0.15) is 0 Å². The number of ether oxygens (including phenoxy) is 2. The maximum atomic E-state index is 11.8. The van der Waals surface area contributed by atoms with Crippen LogP contribution in [0.15, 0.2) is 54.6 Å². The number of rotatable bonds is 9. The molecule has 0 spiro atoms. The summed E-state index contributed by atoms with van der Waals surface area (Å²) >= 11 is 0. The van der Waals surface area contributed by atoms with Crippen LogP contribution < -0.4 is 10.2 Å². The lowest BCUT2D eigenvalue weighted by Crippen LogP contribution is -2.47. The van der Waals surface area contributed by atoms with Crippen LogP contribution in [0.5, 0.6) is 0 Å². The fourth-order valence-electron chi connectivity index (χ4n) is 3.41. The Morgan fingerprint density at radius 1 is 0.966 bits per heavy atom. The predicted octanol–water partition coefficient (Wildman–Crippen LogP) is 2.92. The number of amides is 1. The van der Waals surface area contributed by atoms with Crippen molar-refractivity contribution in [2.75, 3.05) is 57.9 Å². The molecule has 2 aromatic rings. The van der Waals surface area contributed by atoms with Crippen LogP contribution >= 0.6 is 0 Å². The molecular formula is C23H31N3O3. The summed E-state index contributed by atoms with van der Waals surface area (Å²) in [6, 6.07) is 18.3. The molecule has 156 valence electrons. The summed E-state index contributed by atoms with van der Waals surface area (Å²) in [6.45, 7) is 6.87. The van der Waals surface area contributed by atoms with Crippen LogP contribution in [0.3, 0.4) is 0 Å². The van der Waals surface area contributed by atoms with Gasteiger partial charge >= 0.3 is 6.09 Å². The summed E-state index contributed by atoms with van der Waals surface area (Å²) in [5.41, 5.74) is 3.45. The van der Waals surface area contributed by atoms with Gasteiger partial charge in [0.2, 0.25) is 0 Å². The molecule has 0 saturated carbocycles. The fraction of sp³-hybridized carbons (Fsp3) is 0.435. The van der Waals surface area contributed by atoms with Crippen molar-refractivity contribution < 1.29 is 14.3 Å². The van der Waals surface area contributed by atoms with Crippen LogP contribution in [0, 0.1) is 0 Å². The SMILES string of the molecule is COCCN1CCN(c2ccc(CCNC(=O)OCc3ccccc3)cc2)CC1. The zero-order valence-corrected chi connectivity index (χ0v) is 17.2. The average Bonchev–Trinajstić information content (AvgIpc) is 2.78. The lowest BCUT2D eigenvalue weighted by molar-refractivity contribution is 0.140. The van der Waals surface area contributed by atoms with E-state index in [-0.39, 0.29) is 6.09 Å². The van der Waals surface area contributed by atoms with E-state index in [0.29, 0.717) is 13.2 Å². The molecule has 0 atom stereocenters. The number of methoxy groups -OCH3 is 1. The lowest BCUT2D eigenvalue weighted by Gasteiger charge is -2.36. The van der Waals surface area contributed by atoms with Gasteiger partial charge in [0.15, 0.2) is 0 Å². The van der Waals surface area contributed by atoms with Crippen molar-refractivity contribution in [3.8, 4) is 0 Å². The summed E-state index contributed by atoms with van der Waals surface area (Å²) in [7, 11) is 1.75. The van der Waals surface area contributed by atoms with Gasteiger partial charge in [-0.25, -0.2) is 4.79 Å². The first-order chi connectivity index (χ1) is 14.2. The van der Waals surface area contributed by atoms with E-state index in [9.17, 15) is 4.79 Å². The van der Waals surface area contributed by atoms with Crippen LogP contribution in [-0.2, 0) is 22.5 Å². The molecule has 0 aliphatic carbocycles. The minimum atomic E-state index is -0.378. The number of nitrogens with one attached hydrogen (secondary N) is 1. The zero-order valence-electron chi connectivity index (χ0n) is 17.2. The normalized spacial score (nSPS) is 14.6. The smallest absolute Gasteiger partial charge is 0.407 e. The van der Waals surface area contributed by atoms with Crippen molar-refractivity contribution in [2.24, 2.45) is 0 Å². The standard InChI is InChI=1S/C23H31N3O3/c1-28-18-17-25-13-15-26(16-14-25)22-9-7-20(8-10-22)11-12-24-23(27)29-19-21-5-3-2-4-6-21/h2-10H,11-19H2,1H3,(H,24,27). The van der Waals surface area contributed by atoms with E-state index in [1.807, 2.05) is 30.3 Å². The molecule has 0 radical (unpaired) electrons. The molecule has 29 heavy (non-hydrogen) atoms. The highest BCUT2D eigenvalue weighted by molar-refractivity contribution is 5.67. The molecule has 1 amide bonds. The Kier molecular flexibility index (Phi) is 8.34. The van der Waals surface area contributed by atoms with Gasteiger partial charge in [-0.05, 0) is 29.7 Å². The molecule has 1 saturated heterocycles. The van der Waals surface area contributed by atoms with Crippen LogP contribution in [0.2, 0.25) is 0 Å². The average molecular weight is 398 g/mol. The summed E-state index contributed by atoms with van der Waals surface area (Å²) in [4.78, 5) is 16.7. The van der Waals surface area contributed by atoms with Gasteiger partial charge in [0, 0.05) is 52.1 Å². The van der Waals surface area contributed by atoms with Crippen LogP contribution in [-0.4, -0.2) is 64.0 Å². The van der Waals surface area contributed by atoms with Gasteiger partial charge in [0.05, 0.1) is 6.61 Å². The van der Waals surface area contributed by atoms with Gasteiger partial charge < -0.3 is 19.7 Å². The predicted molar refractivity (Wildman–Crippen MR) is 115 cm³/mol. The van der Waals surface area contributed by atoms with Gasteiger partial charge in [-0.15, -0.1) is 0 Å². The van der Waals surface area contributed by atoms with Crippen molar-refractivity contribution in [3.63, 3.8) is 0 Å². The third-order valence-electron chi connectivity index (χ3n) is 5.18. The van der Waals surface area contributed by atoms with Gasteiger partial charge in [0.25, 0.3) is 0 Å². The quantitative estimate of drug-likeness (QED) is 0.705. The first-order valence-corrected chi connectivity index (χ1v) is 10.2. The van der Waals surface area contributed by atoms with Crippen molar-refractivity contribution in [1.82, 2.24) is 10.2 Å². The van der Waals surface area contributed by atoms with Gasteiger partial charge in [-0.3, -0.25) is 4.90 Å². The monoisotopic (exact) mass is 397 g/mol. The van der Waals surface area contributed by atoms with Crippen LogP contribution in [0.1, 0.15) is 11.1 Å². The van der Waals surface area contributed by atoms with E-state index < -0.39 is 0 Å².